The van der Waals surface area contributed by atoms with Crippen molar-refractivity contribution in [1.82, 2.24) is 9.78 Å². The molecule has 0 aliphatic rings. The van der Waals surface area contributed by atoms with Crippen molar-refractivity contribution in [2.24, 2.45) is 7.05 Å². The van der Waals surface area contributed by atoms with Gasteiger partial charge in [0.05, 0.1) is 17.4 Å². The van der Waals surface area contributed by atoms with Crippen LogP contribution in [0.4, 0.5) is 5.69 Å². The smallest absolute Gasteiger partial charge is 0.0825 e. The number of nitrogens with one attached hydrogen (secondary N) is 1. The summed E-state index contributed by atoms with van der Waals surface area (Å²) in [5.74, 6) is 0. The highest BCUT2D eigenvalue weighted by molar-refractivity contribution is 5.48. The SMILES string of the molecule is CCC(Nc1cn(C)nc1C)c1ccc(C)cc1. The van der Waals surface area contributed by atoms with Crippen LogP contribution in [0.2, 0.25) is 0 Å². The fourth-order valence-electron chi connectivity index (χ4n) is 2.15. The highest BCUT2D eigenvalue weighted by atomic mass is 15.3. The van der Waals surface area contributed by atoms with Crippen LogP contribution in [0.5, 0.6) is 0 Å². The Morgan fingerprint density at radius 1 is 1.22 bits per heavy atom. The van der Waals surface area contributed by atoms with Crippen molar-refractivity contribution in [2.45, 2.75) is 33.2 Å². The van der Waals surface area contributed by atoms with Gasteiger partial charge in [-0.1, -0.05) is 36.8 Å². The van der Waals surface area contributed by atoms with Gasteiger partial charge in [-0.25, -0.2) is 0 Å². The normalized spacial score (nSPS) is 12.4. The third kappa shape index (κ3) is 2.73. The lowest BCUT2D eigenvalue weighted by atomic mass is 10.0. The Morgan fingerprint density at radius 2 is 1.89 bits per heavy atom. The molecule has 1 aromatic heterocycles. The molecule has 1 heterocycles. The zero-order valence-corrected chi connectivity index (χ0v) is 11.6. The second-order valence-electron chi connectivity index (χ2n) is 4.82. The van der Waals surface area contributed by atoms with Crippen LogP contribution in [0.25, 0.3) is 0 Å². The van der Waals surface area contributed by atoms with Crippen molar-refractivity contribution in [2.75, 3.05) is 5.32 Å². The van der Waals surface area contributed by atoms with Crippen LogP contribution in [0.15, 0.2) is 30.5 Å². The van der Waals surface area contributed by atoms with Gasteiger partial charge in [-0.3, -0.25) is 4.68 Å². The molecule has 3 nitrogen and oxygen atoms in total. The lowest BCUT2D eigenvalue weighted by molar-refractivity contribution is 0.747. The van der Waals surface area contributed by atoms with Gasteiger partial charge in [-0.2, -0.15) is 5.10 Å². The molecule has 0 aliphatic carbocycles. The Bertz CT molecular complexity index is 511. The van der Waals surface area contributed by atoms with Crippen molar-refractivity contribution < 1.29 is 0 Å². The summed E-state index contributed by atoms with van der Waals surface area (Å²) in [5.41, 5.74) is 4.78. The average Bonchev–Trinajstić information content (AvgIpc) is 2.66. The molecule has 0 aliphatic heterocycles. The Hall–Kier alpha value is -1.77. The molecule has 3 heteroatoms. The largest absolute Gasteiger partial charge is 0.375 e. The van der Waals surface area contributed by atoms with Crippen LogP contribution < -0.4 is 5.32 Å². The summed E-state index contributed by atoms with van der Waals surface area (Å²) in [5, 5.41) is 7.93. The maximum absolute atomic E-state index is 4.36. The van der Waals surface area contributed by atoms with E-state index >= 15 is 0 Å². The molecule has 1 N–H and O–H groups in total. The lowest BCUT2D eigenvalue weighted by Gasteiger charge is -2.18. The molecule has 0 fully saturated rings. The van der Waals surface area contributed by atoms with Crippen molar-refractivity contribution in [3.05, 3.63) is 47.3 Å². The maximum Gasteiger partial charge on any atom is 0.0825 e. The van der Waals surface area contributed by atoms with E-state index in [0.717, 1.165) is 17.8 Å². The van der Waals surface area contributed by atoms with Gasteiger partial charge in [0.15, 0.2) is 0 Å². The molecular weight excluding hydrogens is 222 g/mol. The van der Waals surface area contributed by atoms with Crippen LogP contribution in [-0.4, -0.2) is 9.78 Å². The lowest BCUT2D eigenvalue weighted by Crippen LogP contribution is -2.09. The van der Waals surface area contributed by atoms with Crippen molar-refractivity contribution in [3.8, 4) is 0 Å². The molecule has 1 aromatic carbocycles. The summed E-state index contributed by atoms with van der Waals surface area (Å²) in [6.45, 7) is 6.34. The van der Waals surface area contributed by atoms with Gasteiger partial charge in [-0.05, 0) is 25.8 Å². The maximum atomic E-state index is 4.36. The Balaban J connectivity index is 2.19. The van der Waals surface area contributed by atoms with E-state index in [2.05, 4.69) is 48.5 Å². The third-order valence-corrected chi connectivity index (χ3v) is 3.23. The number of rotatable bonds is 4. The molecule has 0 saturated carbocycles. The second-order valence-corrected chi connectivity index (χ2v) is 4.82. The van der Waals surface area contributed by atoms with E-state index in [1.807, 2.05) is 24.9 Å². The predicted molar refractivity (Wildman–Crippen MR) is 75.8 cm³/mol. The van der Waals surface area contributed by atoms with Gasteiger partial charge in [0, 0.05) is 13.2 Å². The van der Waals surface area contributed by atoms with Crippen molar-refractivity contribution >= 4 is 5.69 Å². The summed E-state index contributed by atoms with van der Waals surface area (Å²) in [7, 11) is 1.95. The van der Waals surface area contributed by atoms with E-state index in [1.165, 1.54) is 11.1 Å². The standard InChI is InChI=1S/C15H21N3/c1-5-14(13-8-6-11(2)7-9-13)16-15-10-18(4)17-12(15)3/h6-10,14,16H,5H2,1-4H3. The van der Waals surface area contributed by atoms with E-state index in [0.29, 0.717) is 6.04 Å². The monoisotopic (exact) mass is 243 g/mol. The van der Waals surface area contributed by atoms with Crippen LogP contribution >= 0.6 is 0 Å². The molecule has 0 amide bonds. The minimum atomic E-state index is 0.341. The Morgan fingerprint density at radius 3 is 2.39 bits per heavy atom. The van der Waals surface area contributed by atoms with E-state index in [4.69, 9.17) is 0 Å². The van der Waals surface area contributed by atoms with Crippen molar-refractivity contribution in [1.29, 1.82) is 0 Å². The Labute approximate surface area is 109 Å². The molecule has 0 radical (unpaired) electrons. The molecule has 1 unspecified atom stereocenters. The number of aryl methyl sites for hydroxylation is 3. The number of hydrogen-bond acceptors (Lipinski definition) is 2. The zero-order valence-electron chi connectivity index (χ0n) is 11.6. The number of nitrogens with zero attached hydrogens (tertiary/aromatic N) is 2. The summed E-state index contributed by atoms with van der Waals surface area (Å²) >= 11 is 0. The van der Waals surface area contributed by atoms with Crippen LogP contribution in [0.1, 0.15) is 36.2 Å². The van der Waals surface area contributed by atoms with Gasteiger partial charge >= 0.3 is 0 Å². The average molecular weight is 243 g/mol. The predicted octanol–water partition coefficient (Wildman–Crippen LogP) is 3.60. The molecule has 2 aromatic rings. The Kier molecular flexibility index (Phi) is 3.70. The highest BCUT2D eigenvalue weighted by Gasteiger charge is 2.11. The topological polar surface area (TPSA) is 29.9 Å². The first kappa shape index (κ1) is 12.7. The number of hydrogen-bond donors (Lipinski definition) is 1. The molecule has 0 spiro atoms. The molecule has 1 atom stereocenters. The molecule has 2 rings (SSSR count). The van der Waals surface area contributed by atoms with Crippen molar-refractivity contribution in [3.63, 3.8) is 0 Å². The second kappa shape index (κ2) is 5.25. The summed E-state index contributed by atoms with van der Waals surface area (Å²) < 4.78 is 1.85. The molecule has 0 saturated heterocycles. The van der Waals surface area contributed by atoms with E-state index in [-0.39, 0.29) is 0 Å². The first-order valence-corrected chi connectivity index (χ1v) is 6.43. The first-order chi connectivity index (χ1) is 8.60. The minimum absolute atomic E-state index is 0.341. The number of anilines is 1. The van der Waals surface area contributed by atoms with Gasteiger partial charge in [0.25, 0.3) is 0 Å². The molecular formula is C15H21N3. The van der Waals surface area contributed by atoms with E-state index in [9.17, 15) is 0 Å². The summed E-state index contributed by atoms with van der Waals surface area (Å²) in [4.78, 5) is 0. The highest BCUT2D eigenvalue weighted by Crippen LogP contribution is 2.24. The molecule has 0 bridgehead atoms. The molecule has 18 heavy (non-hydrogen) atoms. The molecule has 96 valence electrons. The fraction of sp³-hybridized carbons (Fsp3) is 0.400. The minimum Gasteiger partial charge on any atom is -0.375 e. The van der Waals surface area contributed by atoms with Gasteiger partial charge in [-0.15, -0.1) is 0 Å². The quantitative estimate of drug-likeness (QED) is 0.889. The van der Waals surface area contributed by atoms with Gasteiger partial charge in [0.2, 0.25) is 0 Å². The van der Waals surface area contributed by atoms with Crippen LogP contribution in [-0.2, 0) is 7.05 Å². The zero-order chi connectivity index (χ0) is 13.1. The third-order valence-electron chi connectivity index (χ3n) is 3.23. The summed E-state index contributed by atoms with van der Waals surface area (Å²) in [6, 6.07) is 9.06. The van der Waals surface area contributed by atoms with E-state index in [1.54, 1.807) is 0 Å². The van der Waals surface area contributed by atoms with Crippen LogP contribution in [0, 0.1) is 13.8 Å². The van der Waals surface area contributed by atoms with Crippen LogP contribution in [0.3, 0.4) is 0 Å². The van der Waals surface area contributed by atoms with Gasteiger partial charge in [0.1, 0.15) is 0 Å². The fourth-order valence-corrected chi connectivity index (χ4v) is 2.15. The summed E-state index contributed by atoms with van der Waals surface area (Å²) in [6.07, 6.45) is 3.09. The first-order valence-electron chi connectivity index (χ1n) is 6.43. The van der Waals surface area contributed by atoms with Gasteiger partial charge < -0.3 is 5.32 Å². The number of aromatic nitrogens is 2. The van der Waals surface area contributed by atoms with E-state index < -0.39 is 0 Å². The number of benzene rings is 1.